The molecule has 146 valence electrons. The number of rotatable bonds is 4. The molecule has 5 heteroatoms. The second-order valence-corrected chi connectivity index (χ2v) is 8.23. The molecule has 0 bridgehead atoms. The van der Waals surface area contributed by atoms with Gasteiger partial charge in [0.2, 0.25) is 5.91 Å². The summed E-state index contributed by atoms with van der Waals surface area (Å²) in [7, 11) is 3.64. The van der Waals surface area contributed by atoms with E-state index in [2.05, 4.69) is 31.7 Å². The predicted octanol–water partition coefficient (Wildman–Crippen LogP) is 3.53. The number of hydrogen-bond acceptors (Lipinski definition) is 4. The van der Waals surface area contributed by atoms with Crippen molar-refractivity contribution in [3.63, 3.8) is 0 Å². The number of likely N-dealkylation sites (tertiary alicyclic amines) is 1. The summed E-state index contributed by atoms with van der Waals surface area (Å²) in [5, 5.41) is 1.02. The van der Waals surface area contributed by atoms with Gasteiger partial charge in [0.25, 0.3) is 0 Å². The summed E-state index contributed by atoms with van der Waals surface area (Å²) in [4.78, 5) is 28.2. The van der Waals surface area contributed by atoms with Crippen LogP contribution in [-0.2, 0) is 11.3 Å². The number of fused-ring (bicyclic) bond motifs is 1. The zero-order chi connectivity index (χ0) is 19.7. The molecular weight excluding hydrogens is 340 g/mol. The first kappa shape index (κ1) is 19.6. The van der Waals surface area contributed by atoms with Crippen LogP contribution in [0.3, 0.4) is 0 Å². The normalized spacial score (nSPS) is 16.2. The lowest BCUT2D eigenvalue weighted by atomic mass is 9.93. The summed E-state index contributed by atoms with van der Waals surface area (Å²) in [5.74, 6) is 0.753. The van der Waals surface area contributed by atoms with Crippen LogP contribution in [0.1, 0.15) is 49.3 Å². The Balaban J connectivity index is 1.84. The topological polar surface area (TPSA) is 53.8 Å². The molecule has 2 heterocycles. The van der Waals surface area contributed by atoms with Crippen LogP contribution in [-0.4, -0.2) is 42.9 Å². The molecule has 0 unspecified atom stereocenters. The first-order chi connectivity index (χ1) is 12.8. The summed E-state index contributed by atoms with van der Waals surface area (Å²) in [5.41, 5.74) is 3.82. The van der Waals surface area contributed by atoms with Gasteiger partial charge in [-0.25, -0.2) is 4.79 Å². The summed E-state index contributed by atoms with van der Waals surface area (Å²) < 4.78 is 5.46. The lowest BCUT2D eigenvalue weighted by molar-refractivity contribution is -0.134. The van der Waals surface area contributed by atoms with Crippen molar-refractivity contribution in [2.24, 2.45) is 5.92 Å². The molecule has 1 aliphatic heterocycles. The van der Waals surface area contributed by atoms with Crippen LogP contribution in [0.2, 0.25) is 0 Å². The van der Waals surface area contributed by atoms with Crippen molar-refractivity contribution < 1.29 is 9.21 Å². The number of carbonyl (C=O) groups excluding carboxylic acids is 1. The maximum absolute atomic E-state index is 12.2. The van der Waals surface area contributed by atoms with E-state index in [1.165, 1.54) is 5.56 Å². The zero-order valence-electron chi connectivity index (χ0n) is 17.0. The van der Waals surface area contributed by atoms with Gasteiger partial charge in [0.15, 0.2) is 0 Å². The first-order valence-electron chi connectivity index (χ1n) is 9.77. The van der Waals surface area contributed by atoms with Crippen LogP contribution in [0.25, 0.3) is 11.0 Å². The number of benzene rings is 1. The van der Waals surface area contributed by atoms with Gasteiger partial charge >= 0.3 is 5.63 Å². The molecule has 1 aliphatic rings. The van der Waals surface area contributed by atoms with Crippen LogP contribution in [0.4, 0.5) is 0 Å². The molecule has 0 saturated carbocycles. The largest absolute Gasteiger partial charge is 0.423 e. The minimum absolute atomic E-state index is 0.115. The molecule has 0 spiro atoms. The maximum atomic E-state index is 12.2. The molecule has 3 rings (SSSR count). The number of nitrogens with zero attached hydrogens (tertiary/aromatic N) is 2. The second kappa shape index (κ2) is 7.85. The Morgan fingerprint density at radius 3 is 2.48 bits per heavy atom. The Labute approximate surface area is 160 Å². The van der Waals surface area contributed by atoms with E-state index in [0.717, 1.165) is 42.4 Å². The Morgan fingerprint density at radius 1 is 1.22 bits per heavy atom. The first-order valence-corrected chi connectivity index (χ1v) is 9.77. The van der Waals surface area contributed by atoms with Gasteiger partial charge in [0.05, 0.1) is 0 Å². The molecule has 1 aromatic carbocycles. The van der Waals surface area contributed by atoms with Crippen molar-refractivity contribution in [1.82, 2.24) is 9.80 Å². The van der Waals surface area contributed by atoms with Gasteiger partial charge in [-0.05, 0) is 67.6 Å². The van der Waals surface area contributed by atoms with Crippen LogP contribution in [0, 0.1) is 12.8 Å². The SMILES string of the molecule is Cc1cc2oc(=O)cc(CN3CCC(C(=O)N(C)C)CC3)c2cc1C(C)C. The molecule has 1 aromatic heterocycles. The van der Waals surface area contributed by atoms with E-state index in [9.17, 15) is 9.59 Å². The van der Waals surface area contributed by atoms with Gasteiger partial charge in [0.1, 0.15) is 5.58 Å². The predicted molar refractivity (Wildman–Crippen MR) is 108 cm³/mol. The molecule has 0 aliphatic carbocycles. The van der Waals surface area contributed by atoms with Crippen LogP contribution < -0.4 is 5.63 Å². The third-order valence-electron chi connectivity index (χ3n) is 5.61. The number of amides is 1. The summed E-state index contributed by atoms with van der Waals surface area (Å²) in [6.45, 7) is 8.88. The third kappa shape index (κ3) is 4.24. The summed E-state index contributed by atoms with van der Waals surface area (Å²) >= 11 is 0. The highest BCUT2D eigenvalue weighted by molar-refractivity contribution is 5.82. The molecule has 1 fully saturated rings. The Hall–Kier alpha value is -2.14. The Morgan fingerprint density at radius 2 is 1.89 bits per heavy atom. The highest BCUT2D eigenvalue weighted by atomic mass is 16.4. The van der Waals surface area contributed by atoms with Gasteiger partial charge in [-0.3, -0.25) is 9.69 Å². The lowest BCUT2D eigenvalue weighted by Crippen LogP contribution is -2.39. The Kier molecular flexibility index (Phi) is 5.70. The molecule has 1 amide bonds. The lowest BCUT2D eigenvalue weighted by Gasteiger charge is -2.32. The molecule has 0 atom stereocenters. The van der Waals surface area contributed by atoms with Crippen molar-refractivity contribution in [3.05, 3.63) is 45.3 Å². The molecule has 1 saturated heterocycles. The standard InChI is InChI=1S/C22H30N2O3/c1-14(2)18-12-19-17(11-21(25)27-20(19)10-15(18)3)13-24-8-6-16(7-9-24)22(26)23(4)5/h10-12,14,16H,6-9,13H2,1-5H3. The van der Waals surface area contributed by atoms with E-state index in [1.807, 2.05) is 20.2 Å². The van der Waals surface area contributed by atoms with E-state index >= 15 is 0 Å². The molecule has 0 N–H and O–H groups in total. The zero-order valence-corrected chi connectivity index (χ0v) is 17.0. The van der Waals surface area contributed by atoms with Crippen molar-refractivity contribution in [1.29, 1.82) is 0 Å². The molecule has 27 heavy (non-hydrogen) atoms. The molecule has 2 aromatic rings. The number of hydrogen-bond donors (Lipinski definition) is 0. The van der Waals surface area contributed by atoms with E-state index in [1.54, 1.807) is 11.0 Å². The monoisotopic (exact) mass is 370 g/mol. The van der Waals surface area contributed by atoms with Gasteiger partial charge in [-0.2, -0.15) is 0 Å². The molecule has 0 radical (unpaired) electrons. The van der Waals surface area contributed by atoms with Gasteiger partial charge < -0.3 is 9.32 Å². The van der Waals surface area contributed by atoms with Crippen molar-refractivity contribution in [2.45, 2.75) is 46.1 Å². The highest BCUT2D eigenvalue weighted by Gasteiger charge is 2.26. The molecular formula is C22H30N2O3. The number of carbonyl (C=O) groups is 1. The second-order valence-electron chi connectivity index (χ2n) is 8.23. The smallest absolute Gasteiger partial charge is 0.336 e. The maximum Gasteiger partial charge on any atom is 0.336 e. The van der Waals surface area contributed by atoms with Gasteiger partial charge in [-0.15, -0.1) is 0 Å². The average molecular weight is 370 g/mol. The van der Waals surface area contributed by atoms with Gasteiger partial charge in [-0.1, -0.05) is 13.8 Å². The average Bonchev–Trinajstić information content (AvgIpc) is 2.60. The van der Waals surface area contributed by atoms with Crippen LogP contribution in [0.15, 0.2) is 27.4 Å². The fourth-order valence-electron chi connectivity index (χ4n) is 4.09. The van der Waals surface area contributed by atoms with E-state index in [4.69, 9.17) is 4.42 Å². The third-order valence-corrected chi connectivity index (χ3v) is 5.61. The summed E-state index contributed by atoms with van der Waals surface area (Å²) in [6.07, 6.45) is 1.74. The Bertz CT molecular complexity index is 890. The highest BCUT2D eigenvalue weighted by Crippen LogP contribution is 2.28. The molecule has 5 nitrogen and oxygen atoms in total. The van der Waals surface area contributed by atoms with E-state index in [0.29, 0.717) is 18.0 Å². The minimum atomic E-state index is -0.299. The van der Waals surface area contributed by atoms with E-state index in [-0.39, 0.29) is 17.5 Å². The minimum Gasteiger partial charge on any atom is -0.423 e. The quantitative estimate of drug-likeness (QED) is 0.773. The van der Waals surface area contributed by atoms with Gasteiger partial charge in [0, 0.05) is 38.0 Å². The fourth-order valence-corrected chi connectivity index (χ4v) is 4.09. The van der Waals surface area contributed by atoms with Crippen molar-refractivity contribution >= 4 is 16.9 Å². The van der Waals surface area contributed by atoms with Crippen molar-refractivity contribution in [2.75, 3.05) is 27.2 Å². The number of aryl methyl sites for hydroxylation is 1. The van der Waals surface area contributed by atoms with Crippen molar-refractivity contribution in [3.8, 4) is 0 Å². The fraction of sp³-hybridized carbons (Fsp3) is 0.545. The van der Waals surface area contributed by atoms with Crippen LogP contribution >= 0.6 is 0 Å². The van der Waals surface area contributed by atoms with E-state index < -0.39 is 0 Å². The summed E-state index contributed by atoms with van der Waals surface area (Å²) in [6, 6.07) is 5.78. The van der Waals surface area contributed by atoms with Crippen LogP contribution in [0.5, 0.6) is 0 Å². The number of piperidine rings is 1.